The first-order valence-electron chi connectivity index (χ1n) is 5.44. The van der Waals surface area contributed by atoms with Crippen molar-refractivity contribution in [3.8, 4) is 11.5 Å². The van der Waals surface area contributed by atoms with Crippen molar-refractivity contribution in [2.24, 2.45) is 0 Å². The molecule has 4 nitrogen and oxygen atoms in total. The molecule has 0 aromatic heterocycles. The zero-order chi connectivity index (χ0) is 12.5. The lowest BCUT2D eigenvalue weighted by Crippen LogP contribution is -1.93. The van der Waals surface area contributed by atoms with Crippen molar-refractivity contribution in [1.82, 2.24) is 0 Å². The lowest BCUT2D eigenvalue weighted by molar-refractivity contribution is 0.174. The number of halogens is 1. The highest BCUT2D eigenvalue weighted by Gasteiger charge is 2.13. The summed E-state index contributed by atoms with van der Waals surface area (Å²) >= 11 is 3.47. The number of fused-ring (bicyclic) bond motifs is 1. The molecule has 0 atom stereocenters. The summed E-state index contributed by atoms with van der Waals surface area (Å²) in [6.45, 7) is 0.282. The van der Waals surface area contributed by atoms with Crippen LogP contribution in [0.3, 0.4) is 0 Å². The summed E-state index contributed by atoms with van der Waals surface area (Å²) in [7, 11) is 0. The largest absolute Gasteiger partial charge is 0.454 e. The van der Waals surface area contributed by atoms with Gasteiger partial charge in [-0.05, 0) is 46.3 Å². The van der Waals surface area contributed by atoms with Gasteiger partial charge in [-0.3, -0.25) is 0 Å². The molecular formula is C13H11BrN2O2. The molecule has 92 valence electrons. The Hall–Kier alpha value is -1.88. The zero-order valence-corrected chi connectivity index (χ0v) is 11.0. The maximum atomic E-state index is 5.70. The summed E-state index contributed by atoms with van der Waals surface area (Å²) in [6, 6.07) is 11.4. The van der Waals surface area contributed by atoms with E-state index in [-0.39, 0.29) is 6.79 Å². The second-order valence-corrected chi connectivity index (χ2v) is 4.79. The van der Waals surface area contributed by atoms with Gasteiger partial charge in [0.25, 0.3) is 0 Å². The minimum atomic E-state index is 0.282. The summed E-state index contributed by atoms with van der Waals surface area (Å²) < 4.78 is 11.5. The second-order valence-electron chi connectivity index (χ2n) is 3.93. The first-order valence-corrected chi connectivity index (χ1v) is 6.23. The van der Waals surface area contributed by atoms with Gasteiger partial charge >= 0.3 is 0 Å². The zero-order valence-electron chi connectivity index (χ0n) is 9.44. The lowest BCUT2D eigenvalue weighted by atomic mass is 10.2. The second kappa shape index (κ2) is 4.42. The van der Waals surface area contributed by atoms with E-state index in [1.165, 1.54) is 0 Å². The maximum Gasteiger partial charge on any atom is 0.231 e. The molecule has 0 saturated carbocycles. The molecule has 0 unspecified atom stereocenters. The molecule has 3 rings (SSSR count). The molecule has 0 spiro atoms. The van der Waals surface area contributed by atoms with Gasteiger partial charge in [-0.25, -0.2) is 0 Å². The van der Waals surface area contributed by atoms with Crippen molar-refractivity contribution in [3.05, 3.63) is 40.9 Å². The Bertz CT molecular complexity index is 602. The number of rotatable bonds is 2. The van der Waals surface area contributed by atoms with Crippen LogP contribution in [0.2, 0.25) is 0 Å². The minimum absolute atomic E-state index is 0.282. The Kier molecular flexibility index (Phi) is 2.76. The minimum Gasteiger partial charge on any atom is -0.454 e. The fraction of sp³-hybridized carbons (Fsp3) is 0.0769. The first kappa shape index (κ1) is 11.2. The monoisotopic (exact) mass is 306 g/mol. The van der Waals surface area contributed by atoms with Crippen LogP contribution in [-0.4, -0.2) is 6.79 Å². The molecule has 2 aromatic carbocycles. The SMILES string of the molecule is Nc1ccc(Nc2ccc3c(c2)OCO3)c(Br)c1. The van der Waals surface area contributed by atoms with Gasteiger partial charge in [-0.15, -0.1) is 0 Å². The Morgan fingerprint density at radius 1 is 1.06 bits per heavy atom. The van der Waals surface area contributed by atoms with E-state index >= 15 is 0 Å². The number of nitrogens with two attached hydrogens (primary N) is 1. The van der Waals surface area contributed by atoms with Crippen molar-refractivity contribution < 1.29 is 9.47 Å². The molecule has 3 N–H and O–H groups in total. The molecule has 5 heteroatoms. The number of benzene rings is 2. The number of anilines is 3. The van der Waals surface area contributed by atoms with Crippen molar-refractivity contribution >= 4 is 33.0 Å². The number of hydrogen-bond acceptors (Lipinski definition) is 4. The van der Waals surface area contributed by atoms with E-state index in [1.807, 2.05) is 36.4 Å². The smallest absolute Gasteiger partial charge is 0.231 e. The Morgan fingerprint density at radius 3 is 2.72 bits per heavy atom. The predicted octanol–water partition coefficient (Wildman–Crippen LogP) is 3.50. The Balaban J connectivity index is 1.88. The Labute approximate surface area is 113 Å². The molecule has 0 saturated heterocycles. The topological polar surface area (TPSA) is 56.5 Å². The highest BCUT2D eigenvalue weighted by molar-refractivity contribution is 9.10. The molecule has 1 aliphatic rings. The van der Waals surface area contributed by atoms with Gasteiger partial charge in [0.15, 0.2) is 11.5 Å². The molecule has 0 bridgehead atoms. The van der Waals surface area contributed by atoms with Crippen LogP contribution in [0, 0.1) is 0 Å². The molecule has 18 heavy (non-hydrogen) atoms. The third kappa shape index (κ3) is 2.09. The summed E-state index contributed by atoms with van der Waals surface area (Å²) in [5, 5.41) is 3.29. The van der Waals surface area contributed by atoms with E-state index in [4.69, 9.17) is 15.2 Å². The Morgan fingerprint density at radius 2 is 1.89 bits per heavy atom. The van der Waals surface area contributed by atoms with Crippen LogP contribution in [0.4, 0.5) is 17.1 Å². The quantitative estimate of drug-likeness (QED) is 0.834. The average molecular weight is 307 g/mol. The average Bonchev–Trinajstić information content (AvgIpc) is 2.80. The molecular weight excluding hydrogens is 296 g/mol. The lowest BCUT2D eigenvalue weighted by Gasteiger charge is -2.09. The molecule has 0 radical (unpaired) electrons. The van der Waals surface area contributed by atoms with Crippen molar-refractivity contribution in [2.45, 2.75) is 0 Å². The first-order chi connectivity index (χ1) is 8.72. The normalized spacial score (nSPS) is 12.5. The third-order valence-electron chi connectivity index (χ3n) is 2.64. The fourth-order valence-corrected chi connectivity index (χ4v) is 2.26. The van der Waals surface area contributed by atoms with Gasteiger partial charge in [0, 0.05) is 21.9 Å². The number of ether oxygens (including phenoxy) is 2. The van der Waals surface area contributed by atoms with Gasteiger partial charge in [-0.1, -0.05) is 0 Å². The van der Waals surface area contributed by atoms with Crippen LogP contribution in [0.25, 0.3) is 0 Å². The number of nitrogens with one attached hydrogen (secondary N) is 1. The van der Waals surface area contributed by atoms with Gasteiger partial charge < -0.3 is 20.5 Å². The molecule has 1 heterocycles. The van der Waals surface area contributed by atoms with Crippen molar-refractivity contribution in [2.75, 3.05) is 17.8 Å². The maximum absolute atomic E-state index is 5.70. The number of nitrogen functional groups attached to an aromatic ring is 1. The van der Waals surface area contributed by atoms with E-state index in [1.54, 1.807) is 0 Å². The van der Waals surface area contributed by atoms with Crippen molar-refractivity contribution in [1.29, 1.82) is 0 Å². The van der Waals surface area contributed by atoms with Gasteiger partial charge in [0.1, 0.15) is 0 Å². The van der Waals surface area contributed by atoms with Crippen molar-refractivity contribution in [3.63, 3.8) is 0 Å². The van der Waals surface area contributed by atoms with E-state index < -0.39 is 0 Å². The molecule has 0 fully saturated rings. The van der Waals surface area contributed by atoms with Crippen LogP contribution in [0.1, 0.15) is 0 Å². The standard InChI is InChI=1S/C13H11BrN2O2/c14-10-5-8(15)1-3-11(10)16-9-2-4-12-13(6-9)18-7-17-12/h1-6,16H,7,15H2. The van der Waals surface area contributed by atoms with E-state index in [2.05, 4.69) is 21.2 Å². The van der Waals surface area contributed by atoms with Crippen LogP contribution in [0.15, 0.2) is 40.9 Å². The molecule has 0 amide bonds. The fourth-order valence-electron chi connectivity index (χ4n) is 1.76. The van der Waals surface area contributed by atoms with Crippen LogP contribution in [0.5, 0.6) is 11.5 Å². The van der Waals surface area contributed by atoms with Crippen LogP contribution in [-0.2, 0) is 0 Å². The van der Waals surface area contributed by atoms with E-state index in [0.29, 0.717) is 0 Å². The predicted molar refractivity (Wildman–Crippen MR) is 74.4 cm³/mol. The molecule has 1 aliphatic heterocycles. The summed E-state index contributed by atoms with van der Waals surface area (Å²) in [5.74, 6) is 1.53. The third-order valence-corrected chi connectivity index (χ3v) is 3.30. The summed E-state index contributed by atoms with van der Waals surface area (Å²) in [4.78, 5) is 0. The van der Waals surface area contributed by atoms with Crippen LogP contribution < -0.4 is 20.5 Å². The van der Waals surface area contributed by atoms with Gasteiger partial charge in [-0.2, -0.15) is 0 Å². The highest BCUT2D eigenvalue weighted by Crippen LogP contribution is 2.36. The number of hydrogen-bond donors (Lipinski definition) is 2. The summed E-state index contributed by atoms with van der Waals surface area (Å²) in [5.41, 5.74) is 8.30. The molecule has 2 aromatic rings. The van der Waals surface area contributed by atoms with E-state index in [0.717, 1.165) is 33.0 Å². The van der Waals surface area contributed by atoms with Gasteiger partial charge in [0.05, 0.1) is 5.69 Å². The van der Waals surface area contributed by atoms with Gasteiger partial charge in [0.2, 0.25) is 6.79 Å². The molecule has 0 aliphatic carbocycles. The summed E-state index contributed by atoms with van der Waals surface area (Å²) in [6.07, 6.45) is 0. The van der Waals surface area contributed by atoms with Crippen LogP contribution >= 0.6 is 15.9 Å². The highest BCUT2D eigenvalue weighted by atomic mass is 79.9. The van der Waals surface area contributed by atoms with E-state index in [9.17, 15) is 0 Å².